The van der Waals surface area contributed by atoms with Crippen LogP contribution in [0.5, 0.6) is 5.75 Å². The molecule has 102 valence electrons. The third-order valence-corrected chi connectivity index (χ3v) is 3.08. The highest BCUT2D eigenvalue weighted by molar-refractivity contribution is 5.30. The molecular formula is C15H25NO2. The Morgan fingerprint density at radius 1 is 1.28 bits per heavy atom. The lowest BCUT2D eigenvalue weighted by Gasteiger charge is -2.21. The van der Waals surface area contributed by atoms with Crippen LogP contribution < -0.4 is 10.5 Å². The first-order valence-electron chi connectivity index (χ1n) is 6.83. The first-order valence-corrected chi connectivity index (χ1v) is 6.83. The topological polar surface area (TPSA) is 55.5 Å². The molecule has 1 aromatic carbocycles. The predicted octanol–water partition coefficient (Wildman–Crippen LogP) is 2.88. The lowest BCUT2D eigenvalue weighted by molar-refractivity contribution is 0.106. The number of benzene rings is 1. The minimum absolute atomic E-state index is 0.122. The van der Waals surface area contributed by atoms with E-state index in [-0.39, 0.29) is 5.92 Å². The fourth-order valence-corrected chi connectivity index (χ4v) is 2.06. The lowest BCUT2D eigenvalue weighted by atomic mass is 9.92. The maximum absolute atomic E-state index is 10.3. The zero-order valence-corrected chi connectivity index (χ0v) is 11.4. The molecule has 0 aliphatic carbocycles. The average Bonchev–Trinajstić information content (AvgIpc) is 2.42. The van der Waals surface area contributed by atoms with Crippen molar-refractivity contribution >= 4 is 0 Å². The summed E-state index contributed by atoms with van der Waals surface area (Å²) < 4.78 is 5.58. The Morgan fingerprint density at radius 2 is 2.06 bits per heavy atom. The van der Waals surface area contributed by atoms with Gasteiger partial charge in [0.25, 0.3) is 0 Å². The van der Waals surface area contributed by atoms with Crippen molar-refractivity contribution in [3.05, 3.63) is 29.8 Å². The van der Waals surface area contributed by atoms with Crippen molar-refractivity contribution in [1.82, 2.24) is 0 Å². The van der Waals surface area contributed by atoms with Gasteiger partial charge in [0.1, 0.15) is 5.75 Å². The Bertz CT molecular complexity index is 341. The SMILES string of the molecule is CCCOc1cccc(C(O)C(CN)CCC)c1. The van der Waals surface area contributed by atoms with Gasteiger partial charge < -0.3 is 15.6 Å². The van der Waals surface area contributed by atoms with Gasteiger partial charge in [-0.15, -0.1) is 0 Å². The standard InChI is InChI=1S/C15H25NO2/c1-3-6-13(11-16)15(17)12-7-5-8-14(10-12)18-9-4-2/h5,7-8,10,13,15,17H,3-4,6,9,11,16H2,1-2H3. The third-order valence-electron chi connectivity index (χ3n) is 3.08. The van der Waals surface area contributed by atoms with Crippen LogP contribution in [0, 0.1) is 5.92 Å². The van der Waals surface area contributed by atoms with Gasteiger partial charge in [-0.3, -0.25) is 0 Å². The second-order valence-corrected chi connectivity index (χ2v) is 4.65. The van der Waals surface area contributed by atoms with Gasteiger partial charge in [0.2, 0.25) is 0 Å². The first kappa shape index (κ1) is 15.0. The van der Waals surface area contributed by atoms with Crippen LogP contribution >= 0.6 is 0 Å². The van der Waals surface area contributed by atoms with Crippen molar-refractivity contribution in [1.29, 1.82) is 0 Å². The molecule has 2 atom stereocenters. The van der Waals surface area contributed by atoms with E-state index in [2.05, 4.69) is 13.8 Å². The highest BCUT2D eigenvalue weighted by Gasteiger charge is 2.19. The zero-order chi connectivity index (χ0) is 13.4. The van der Waals surface area contributed by atoms with E-state index in [4.69, 9.17) is 10.5 Å². The van der Waals surface area contributed by atoms with Crippen molar-refractivity contribution in [3.8, 4) is 5.75 Å². The van der Waals surface area contributed by atoms with Gasteiger partial charge in [-0.1, -0.05) is 32.4 Å². The van der Waals surface area contributed by atoms with Gasteiger partial charge in [-0.2, -0.15) is 0 Å². The van der Waals surface area contributed by atoms with E-state index in [0.717, 1.165) is 30.6 Å². The van der Waals surface area contributed by atoms with Crippen LogP contribution in [0.15, 0.2) is 24.3 Å². The summed E-state index contributed by atoms with van der Waals surface area (Å²) in [4.78, 5) is 0. The summed E-state index contributed by atoms with van der Waals surface area (Å²) in [5.41, 5.74) is 6.62. The first-order chi connectivity index (χ1) is 8.72. The van der Waals surface area contributed by atoms with Crippen LogP contribution in [-0.4, -0.2) is 18.3 Å². The third kappa shape index (κ3) is 4.31. The van der Waals surface area contributed by atoms with Crippen molar-refractivity contribution in [2.24, 2.45) is 11.7 Å². The second-order valence-electron chi connectivity index (χ2n) is 4.65. The summed E-state index contributed by atoms with van der Waals surface area (Å²) in [7, 11) is 0. The molecule has 0 aliphatic heterocycles. The molecule has 3 nitrogen and oxygen atoms in total. The average molecular weight is 251 g/mol. The van der Waals surface area contributed by atoms with E-state index in [1.54, 1.807) is 0 Å². The van der Waals surface area contributed by atoms with E-state index in [1.807, 2.05) is 24.3 Å². The molecule has 3 heteroatoms. The molecule has 0 saturated carbocycles. The predicted molar refractivity (Wildman–Crippen MR) is 74.6 cm³/mol. The smallest absolute Gasteiger partial charge is 0.119 e. The van der Waals surface area contributed by atoms with Crippen molar-refractivity contribution in [2.75, 3.05) is 13.2 Å². The zero-order valence-electron chi connectivity index (χ0n) is 11.4. The quantitative estimate of drug-likeness (QED) is 0.747. The molecule has 1 rings (SSSR count). The molecule has 0 amide bonds. The van der Waals surface area contributed by atoms with Crippen molar-refractivity contribution < 1.29 is 9.84 Å². The molecule has 0 bridgehead atoms. The molecular weight excluding hydrogens is 226 g/mol. The minimum Gasteiger partial charge on any atom is -0.494 e. The van der Waals surface area contributed by atoms with Gasteiger partial charge in [-0.05, 0) is 37.1 Å². The molecule has 2 unspecified atom stereocenters. The van der Waals surface area contributed by atoms with Gasteiger partial charge in [-0.25, -0.2) is 0 Å². The fraction of sp³-hybridized carbons (Fsp3) is 0.600. The Balaban J connectivity index is 2.74. The number of ether oxygens (including phenoxy) is 1. The Labute approximate surface area is 110 Å². The summed E-state index contributed by atoms with van der Waals surface area (Å²) in [6.07, 6.45) is 2.46. The second kappa shape index (κ2) is 8.11. The van der Waals surface area contributed by atoms with Crippen LogP contribution in [0.25, 0.3) is 0 Å². The van der Waals surface area contributed by atoms with Crippen molar-refractivity contribution in [3.63, 3.8) is 0 Å². The Hall–Kier alpha value is -1.06. The van der Waals surface area contributed by atoms with Crippen LogP contribution in [0.3, 0.4) is 0 Å². The molecule has 0 heterocycles. The highest BCUT2D eigenvalue weighted by Crippen LogP contribution is 2.27. The molecule has 0 aromatic heterocycles. The van der Waals surface area contributed by atoms with E-state index < -0.39 is 6.10 Å². The maximum Gasteiger partial charge on any atom is 0.119 e. The van der Waals surface area contributed by atoms with Crippen molar-refractivity contribution in [2.45, 2.75) is 39.2 Å². The number of aliphatic hydroxyl groups is 1. The normalized spacial score (nSPS) is 14.2. The molecule has 0 fully saturated rings. The number of aliphatic hydroxyl groups excluding tert-OH is 1. The monoisotopic (exact) mass is 251 g/mol. The van der Waals surface area contributed by atoms with E-state index >= 15 is 0 Å². The van der Waals surface area contributed by atoms with E-state index in [9.17, 15) is 5.11 Å². The van der Waals surface area contributed by atoms with Crippen LogP contribution in [0.1, 0.15) is 44.8 Å². The molecule has 0 saturated heterocycles. The summed E-state index contributed by atoms with van der Waals surface area (Å²) in [6.45, 7) is 5.39. The molecule has 0 radical (unpaired) electrons. The highest BCUT2D eigenvalue weighted by atomic mass is 16.5. The van der Waals surface area contributed by atoms with Gasteiger partial charge in [0, 0.05) is 5.92 Å². The van der Waals surface area contributed by atoms with Gasteiger partial charge in [0.15, 0.2) is 0 Å². The molecule has 1 aromatic rings. The molecule has 0 aliphatic rings. The Morgan fingerprint density at radius 3 is 2.67 bits per heavy atom. The lowest BCUT2D eigenvalue weighted by Crippen LogP contribution is -2.21. The summed E-state index contributed by atoms with van der Waals surface area (Å²) in [5.74, 6) is 0.942. The minimum atomic E-state index is -0.500. The number of nitrogens with two attached hydrogens (primary N) is 1. The van der Waals surface area contributed by atoms with Gasteiger partial charge in [0.05, 0.1) is 12.7 Å². The molecule has 3 N–H and O–H groups in total. The van der Waals surface area contributed by atoms with Crippen LogP contribution in [-0.2, 0) is 0 Å². The largest absolute Gasteiger partial charge is 0.494 e. The van der Waals surface area contributed by atoms with E-state index in [0.29, 0.717) is 13.2 Å². The number of rotatable bonds is 8. The Kier molecular flexibility index (Phi) is 6.76. The summed E-state index contributed by atoms with van der Waals surface area (Å²) in [6, 6.07) is 7.69. The van der Waals surface area contributed by atoms with Crippen LogP contribution in [0.2, 0.25) is 0 Å². The van der Waals surface area contributed by atoms with Gasteiger partial charge >= 0.3 is 0 Å². The maximum atomic E-state index is 10.3. The number of hydrogen-bond donors (Lipinski definition) is 2. The molecule has 18 heavy (non-hydrogen) atoms. The summed E-state index contributed by atoms with van der Waals surface area (Å²) in [5, 5.41) is 10.3. The number of hydrogen-bond acceptors (Lipinski definition) is 3. The summed E-state index contributed by atoms with van der Waals surface area (Å²) >= 11 is 0. The van der Waals surface area contributed by atoms with E-state index in [1.165, 1.54) is 0 Å². The van der Waals surface area contributed by atoms with Crippen LogP contribution in [0.4, 0.5) is 0 Å². The molecule has 0 spiro atoms. The fourth-order valence-electron chi connectivity index (χ4n) is 2.06.